The predicted molar refractivity (Wildman–Crippen MR) is 156 cm³/mol. The van der Waals surface area contributed by atoms with E-state index < -0.39 is 0 Å². The summed E-state index contributed by atoms with van der Waals surface area (Å²) >= 11 is 0. The van der Waals surface area contributed by atoms with Gasteiger partial charge in [-0.2, -0.15) is 0 Å². The van der Waals surface area contributed by atoms with E-state index in [-0.39, 0.29) is 0 Å². The summed E-state index contributed by atoms with van der Waals surface area (Å²) in [6.07, 6.45) is 0.999. The highest BCUT2D eigenvalue weighted by molar-refractivity contribution is 5.86. The highest BCUT2D eigenvalue weighted by Crippen LogP contribution is 2.41. The molecule has 0 aliphatic heterocycles. The van der Waals surface area contributed by atoms with Crippen LogP contribution in [-0.2, 0) is 6.42 Å². The van der Waals surface area contributed by atoms with Crippen LogP contribution in [-0.4, -0.2) is 0 Å². The fourth-order valence-corrected chi connectivity index (χ4v) is 5.54. The molecule has 0 atom stereocenters. The van der Waals surface area contributed by atoms with Crippen LogP contribution in [0.15, 0.2) is 146 Å². The molecule has 6 aromatic rings. The zero-order valence-corrected chi connectivity index (χ0v) is 20.6. The maximum Gasteiger partial charge on any atom is -0.00134 e. The molecule has 0 amide bonds. The van der Waals surface area contributed by atoms with Crippen LogP contribution in [0.25, 0.3) is 55.6 Å². The summed E-state index contributed by atoms with van der Waals surface area (Å²) in [4.78, 5) is 0. The van der Waals surface area contributed by atoms with Crippen molar-refractivity contribution in [1.82, 2.24) is 0 Å². The lowest BCUT2D eigenvalue weighted by atomic mass is 9.94. The van der Waals surface area contributed by atoms with E-state index in [1.807, 2.05) is 0 Å². The van der Waals surface area contributed by atoms with Crippen LogP contribution in [0.2, 0.25) is 0 Å². The maximum atomic E-state index is 2.38. The molecular weight excluding hydrogens is 444 g/mol. The molecule has 0 unspecified atom stereocenters. The van der Waals surface area contributed by atoms with Crippen LogP contribution in [0.1, 0.15) is 11.1 Å². The second-order valence-corrected chi connectivity index (χ2v) is 9.81. The van der Waals surface area contributed by atoms with Gasteiger partial charge in [0.1, 0.15) is 0 Å². The van der Waals surface area contributed by atoms with Crippen molar-refractivity contribution in [2.75, 3.05) is 0 Å². The zero-order chi connectivity index (χ0) is 24.6. The maximum absolute atomic E-state index is 2.38. The second-order valence-electron chi connectivity index (χ2n) is 9.81. The van der Waals surface area contributed by atoms with E-state index in [0.717, 1.165) is 6.42 Å². The molecule has 1 aliphatic carbocycles. The lowest BCUT2D eigenvalue weighted by Gasteiger charge is -2.10. The van der Waals surface area contributed by atoms with Gasteiger partial charge in [-0.3, -0.25) is 0 Å². The van der Waals surface area contributed by atoms with Gasteiger partial charge in [0.2, 0.25) is 0 Å². The monoisotopic (exact) mass is 470 g/mol. The largest absolute Gasteiger partial charge is 0.0622 e. The Balaban J connectivity index is 1.27. The van der Waals surface area contributed by atoms with Crippen molar-refractivity contribution in [3.05, 3.63) is 157 Å². The number of fused-ring (bicyclic) bond motifs is 3. The van der Waals surface area contributed by atoms with E-state index in [0.29, 0.717) is 0 Å². The Kier molecular flexibility index (Phi) is 5.30. The van der Waals surface area contributed by atoms with Crippen LogP contribution in [0.4, 0.5) is 0 Å². The minimum Gasteiger partial charge on any atom is -0.0622 e. The van der Waals surface area contributed by atoms with Crippen molar-refractivity contribution in [3.8, 4) is 55.6 Å². The Morgan fingerprint density at radius 2 is 0.622 bits per heavy atom. The first kappa shape index (κ1) is 21.6. The standard InChI is InChI=1S/C37H26/c1-3-9-26(10-4-1)28-13-7-15-30(21-28)32-17-19-34-23-35-20-18-33(25-37(35)36(34)24-32)31-16-8-14-29(22-31)27-11-5-2-6-12-27/h1-22,24-25H,23H2. The van der Waals surface area contributed by atoms with Crippen molar-refractivity contribution >= 4 is 0 Å². The first-order valence-corrected chi connectivity index (χ1v) is 12.9. The van der Waals surface area contributed by atoms with Crippen LogP contribution in [0.3, 0.4) is 0 Å². The van der Waals surface area contributed by atoms with Gasteiger partial charge in [-0.15, -0.1) is 0 Å². The van der Waals surface area contributed by atoms with E-state index in [4.69, 9.17) is 0 Å². The fourth-order valence-electron chi connectivity index (χ4n) is 5.54. The van der Waals surface area contributed by atoms with E-state index in [9.17, 15) is 0 Å². The molecule has 0 fully saturated rings. The Hall–Kier alpha value is -4.68. The molecule has 0 heterocycles. The van der Waals surface area contributed by atoms with Crippen LogP contribution in [0, 0.1) is 0 Å². The van der Waals surface area contributed by atoms with Crippen molar-refractivity contribution in [3.63, 3.8) is 0 Å². The average Bonchev–Trinajstić information content (AvgIpc) is 3.35. The van der Waals surface area contributed by atoms with Crippen LogP contribution >= 0.6 is 0 Å². The smallest absolute Gasteiger partial charge is 0.00134 e. The fraction of sp³-hybridized carbons (Fsp3) is 0.0270. The highest BCUT2D eigenvalue weighted by Gasteiger charge is 2.20. The van der Waals surface area contributed by atoms with E-state index >= 15 is 0 Å². The second kappa shape index (κ2) is 9.08. The molecule has 0 bridgehead atoms. The predicted octanol–water partition coefficient (Wildman–Crippen LogP) is 9.93. The summed E-state index contributed by atoms with van der Waals surface area (Å²) in [5, 5.41) is 0. The number of hydrogen-bond acceptors (Lipinski definition) is 0. The van der Waals surface area contributed by atoms with Gasteiger partial charge in [0.05, 0.1) is 0 Å². The number of rotatable bonds is 4. The topological polar surface area (TPSA) is 0 Å². The summed E-state index contributed by atoms with van der Waals surface area (Å²) in [6, 6.07) is 52.9. The van der Waals surface area contributed by atoms with Gasteiger partial charge in [-0.1, -0.05) is 121 Å². The molecule has 0 saturated heterocycles. The van der Waals surface area contributed by atoms with Gasteiger partial charge >= 0.3 is 0 Å². The number of benzene rings is 6. The summed E-state index contributed by atoms with van der Waals surface area (Å²) in [6.45, 7) is 0. The molecule has 0 saturated carbocycles. The molecule has 0 nitrogen and oxygen atoms in total. The molecule has 0 heteroatoms. The van der Waals surface area contributed by atoms with E-state index in [2.05, 4.69) is 146 Å². The van der Waals surface area contributed by atoms with Crippen molar-refractivity contribution in [1.29, 1.82) is 0 Å². The van der Waals surface area contributed by atoms with Crippen molar-refractivity contribution < 1.29 is 0 Å². The molecule has 0 N–H and O–H groups in total. The molecule has 6 aromatic carbocycles. The SMILES string of the molecule is c1ccc(-c2cccc(-c3ccc4c(c3)-c3cc(-c5cccc(-c6ccccc6)c5)ccc3C4)c2)cc1. The summed E-state index contributed by atoms with van der Waals surface area (Å²) in [7, 11) is 0. The minimum absolute atomic E-state index is 0.999. The molecule has 0 spiro atoms. The molecule has 0 radical (unpaired) electrons. The zero-order valence-electron chi connectivity index (χ0n) is 20.6. The Bertz CT molecular complexity index is 1600. The molecule has 7 rings (SSSR count). The van der Waals surface area contributed by atoms with Gasteiger partial charge in [0.15, 0.2) is 0 Å². The van der Waals surface area contributed by atoms with Crippen LogP contribution in [0.5, 0.6) is 0 Å². The third-order valence-corrected chi connectivity index (χ3v) is 7.50. The van der Waals surface area contributed by atoms with Gasteiger partial charge in [-0.05, 0) is 97.4 Å². The lowest BCUT2D eigenvalue weighted by molar-refractivity contribution is 1.26. The summed E-state index contributed by atoms with van der Waals surface area (Å²) < 4.78 is 0. The first-order valence-electron chi connectivity index (χ1n) is 12.9. The highest BCUT2D eigenvalue weighted by atomic mass is 14.2. The van der Waals surface area contributed by atoms with Gasteiger partial charge in [-0.25, -0.2) is 0 Å². The quantitative estimate of drug-likeness (QED) is 0.240. The van der Waals surface area contributed by atoms with Crippen LogP contribution < -0.4 is 0 Å². The Morgan fingerprint density at radius 1 is 0.270 bits per heavy atom. The molecule has 174 valence electrons. The van der Waals surface area contributed by atoms with Gasteiger partial charge in [0, 0.05) is 0 Å². The molecular formula is C37H26. The van der Waals surface area contributed by atoms with Crippen molar-refractivity contribution in [2.24, 2.45) is 0 Å². The summed E-state index contributed by atoms with van der Waals surface area (Å²) in [5.41, 5.74) is 15.6. The van der Waals surface area contributed by atoms with E-state index in [1.165, 1.54) is 66.8 Å². The molecule has 1 aliphatic rings. The Labute approximate surface area is 218 Å². The lowest BCUT2D eigenvalue weighted by Crippen LogP contribution is -1.85. The molecule has 0 aromatic heterocycles. The molecule has 37 heavy (non-hydrogen) atoms. The van der Waals surface area contributed by atoms with Gasteiger partial charge < -0.3 is 0 Å². The van der Waals surface area contributed by atoms with E-state index in [1.54, 1.807) is 0 Å². The van der Waals surface area contributed by atoms with Gasteiger partial charge in [0.25, 0.3) is 0 Å². The Morgan fingerprint density at radius 3 is 1.05 bits per heavy atom. The number of hydrogen-bond donors (Lipinski definition) is 0. The first-order chi connectivity index (χ1) is 18.3. The third-order valence-electron chi connectivity index (χ3n) is 7.50. The van der Waals surface area contributed by atoms with Crippen molar-refractivity contribution in [2.45, 2.75) is 6.42 Å². The average molecular weight is 471 g/mol. The minimum atomic E-state index is 0.999. The summed E-state index contributed by atoms with van der Waals surface area (Å²) in [5.74, 6) is 0. The normalized spacial score (nSPS) is 11.7. The third kappa shape index (κ3) is 4.07.